The summed E-state index contributed by atoms with van der Waals surface area (Å²) >= 11 is 0. The molecule has 0 radical (unpaired) electrons. The van der Waals surface area contributed by atoms with Crippen molar-refractivity contribution in [1.29, 1.82) is 0 Å². The maximum absolute atomic E-state index is 11.5. The van der Waals surface area contributed by atoms with Gasteiger partial charge < -0.3 is 10.8 Å². The molecule has 1 aliphatic rings. The lowest BCUT2D eigenvalue weighted by atomic mass is 9.87. The number of nitrogens with zero attached hydrogens (tertiary/aromatic N) is 1. The van der Waals surface area contributed by atoms with Crippen LogP contribution in [0.3, 0.4) is 0 Å². The van der Waals surface area contributed by atoms with Gasteiger partial charge in [-0.05, 0) is 23.1 Å². The first-order valence-electron chi connectivity index (χ1n) is 5.92. The molecule has 2 rings (SSSR count). The highest BCUT2D eigenvalue weighted by Crippen LogP contribution is 2.36. The Bertz CT molecular complexity index is 622. The predicted octanol–water partition coefficient (Wildman–Crippen LogP) is 1.07. The van der Waals surface area contributed by atoms with Crippen LogP contribution in [0, 0.1) is 0 Å². The van der Waals surface area contributed by atoms with Gasteiger partial charge in [0, 0.05) is 6.20 Å². The summed E-state index contributed by atoms with van der Waals surface area (Å²) < 4.78 is 0. The summed E-state index contributed by atoms with van der Waals surface area (Å²) in [7, 11) is 0. The van der Waals surface area contributed by atoms with Crippen LogP contribution in [0.5, 0.6) is 0 Å². The molecule has 0 aliphatic carbocycles. The average molecular weight is 274 g/mol. The molecule has 1 amide bonds. The van der Waals surface area contributed by atoms with Gasteiger partial charge >= 0.3 is 5.97 Å². The summed E-state index contributed by atoms with van der Waals surface area (Å²) in [4.78, 5) is 22.8. The fourth-order valence-electron chi connectivity index (χ4n) is 2.36. The molecule has 0 spiro atoms. The zero-order valence-electron chi connectivity index (χ0n) is 10.6. The van der Waals surface area contributed by atoms with Crippen molar-refractivity contribution in [3.8, 4) is 0 Å². The standard InChI is InChI=1S/C14H14N2O4/c1-2-4-8-5-3-6-9-11(8)10(14(18)19)7-16(20)12(9)13(15)17/h2-3,5-7,12,20H,1,4H2,(H2,15,17)(H,18,19). The molecule has 104 valence electrons. The highest BCUT2D eigenvalue weighted by molar-refractivity contribution is 6.17. The number of amides is 1. The third kappa shape index (κ3) is 2.17. The number of carbonyl (C=O) groups excluding carboxylic acids is 1. The topological polar surface area (TPSA) is 104 Å². The Labute approximate surface area is 115 Å². The van der Waals surface area contributed by atoms with Crippen molar-refractivity contribution in [2.24, 2.45) is 5.73 Å². The van der Waals surface area contributed by atoms with Crippen LogP contribution in [-0.2, 0) is 16.0 Å². The van der Waals surface area contributed by atoms with E-state index in [4.69, 9.17) is 5.73 Å². The van der Waals surface area contributed by atoms with Crippen LogP contribution < -0.4 is 5.73 Å². The normalized spacial score (nSPS) is 17.1. The number of rotatable bonds is 4. The molecule has 1 aromatic rings. The zero-order valence-corrected chi connectivity index (χ0v) is 10.6. The van der Waals surface area contributed by atoms with Gasteiger partial charge in [-0.3, -0.25) is 10.0 Å². The van der Waals surface area contributed by atoms with Gasteiger partial charge in [0.05, 0.1) is 5.57 Å². The second-order valence-corrected chi connectivity index (χ2v) is 4.41. The molecule has 6 nitrogen and oxygen atoms in total. The lowest BCUT2D eigenvalue weighted by Gasteiger charge is -2.30. The second-order valence-electron chi connectivity index (χ2n) is 4.41. The first-order valence-corrected chi connectivity index (χ1v) is 5.92. The van der Waals surface area contributed by atoms with E-state index in [0.717, 1.165) is 6.20 Å². The van der Waals surface area contributed by atoms with Gasteiger partial charge in [-0.25, -0.2) is 9.86 Å². The molecule has 20 heavy (non-hydrogen) atoms. The monoisotopic (exact) mass is 274 g/mol. The van der Waals surface area contributed by atoms with Crippen LogP contribution in [-0.4, -0.2) is 27.3 Å². The smallest absolute Gasteiger partial charge is 0.337 e. The van der Waals surface area contributed by atoms with Crippen LogP contribution in [0.2, 0.25) is 0 Å². The molecular weight excluding hydrogens is 260 g/mol. The molecule has 1 aromatic carbocycles. The van der Waals surface area contributed by atoms with Crippen LogP contribution >= 0.6 is 0 Å². The van der Waals surface area contributed by atoms with Crippen molar-refractivity contribution in [2.75, 3.05) is 0 Å². The number of primary amides is 1. The number of hydroxylamine groups is 2. The number of carbonyl (C=O) groups is 2. The zero-order chi connectivity index (χ0) is 14.9. The van der Waals surface area contributed by atoms with Crippen LogP contribution in [0.4, 0.5) is 0 Å². The number of hydrogen-bond donors (Lipinski definition) is 3. The number of allylic oxidation sites excluding steroid dienone is 1. The van der Waals surface area contributed by atoms with Crippen molar-refractivity contribution in [3.63, 3.8) is 0 Å². The third-order valence-corrected chi connectivity index (χ3v) is 3.14. The quantitative estimate of drug-likeness (QED) is 0.712. The van der Waals surface area contributed by atoms with E-state index in [-0.39, 0.29) is 5.57 Å². The molecule has 1 atom stereocenters. The molecule has 6 heteroatoms. The van der Waals surface area contributed by atoms with Crippen molar-refractivity contribution in [2.45, 2.75) is 12.5 Å². The summed E-state index contributed by atoms with van der Waals surface area (Å²) in [6, 6.07) is 3.92. The van der Waals surface area contributed by atoms with Gasteiger partial charge in [-0.15, -0.1) is 6.58 Å². The molecule has 0 saturated carbocycles. The van der Waals surface area contributed by atoms with E-state index in [1.807, 2.05) is 0 Å². The Morgan fingerprint density at radius 1 is 1.45 bits per heavy atom. The number of carboxylic acids is 1. The maximum Gasteiger partial charge on any atom is 0.337 e. The molecule has 0 fully saturated rings. The Kier molecular flexibility index (Phi) is 3.58. The van der Waals surface area contributed by atoms with E-state index in [0.29, 0.717) is 28.2 Å². The van der Waals surface area contributed by atoms with Crippen molar-refractivity contribution in [1.82, 2.24) is 5.06 Å². The highest BCUT2D eigenvalue weighted by atomic mass is 16.5. The van der Waals surface area contributed by atoms with Gasteiger partial charge in [-0.2, -0.15) is 0 Å². The van der Waals surface area contributed by atoms with Crippen LogP contribution in [0.15, 0.2) is 37.1 Å². The first kappa shape index (κ1) is 13.8. The van der Waals surface area contributed by atoms with Crippen molar-refractivity contribution in [3.05, 3.63) is 53.7 Å². The van der Waals surface area contributed by atoms with Gasteiger partial charge in [0.2, 0.25) is 5.91 Å². The minimum atomic E-state index is -1.19. The number of hydrogen-bond acceptors (Lipinski definition) is 4. The number of fused-ring (bicyclic) bond motifs is 1. The fraction of sp³-hybridized carbons (Fsp3) is 0.143. The predicted molar refractivity (Wildman–Crippen MR) is 71.5 cm³/mol. The summed E-state index contributed by atoms with van der Waals surface area (Å²) in [5.41, 5.74) is 6.69. The van der Waals surface area contributed by atoms with Gasteiger partial charge in [0.15, 0.2) is 6.04 Å². The SMILES string of the molecule is C=CCc1cccc2c1C(C(=O)O)=CN(O)C2C(N)=O. The van der Waals surface area contributed by atoms with Gasteiger partial charge in [0.1, 0.15) is 0 Å². The number of benzene rings is 1. The lowest BCUT2D eigenvalue weighted by molar-refractivity contribution is -0.140. The Hall–Kier alpha value is -2.60. The van der Waals surface area contributed by atoms with E-state index < -0.39 is 17.9 Å². The second kappa shape index (κ2) is 5.18. The number of carboxylic acid groups (broad SMARTS) is 1. The summed E-state index contributed by atoms with van der Waals surface area (Å²) in [5.74, 6) is -1.95. The Morgan fingerprint density at radius 2 is 2.15 bits per heavy atom. The van der Waals surface area contributed by atoms with Gasteiger partial charge in [-0.1, -0.05) is 24.3 Å². The van der Waals surface area contributed by atoms with Gasteiger partial charge in [0.25, 0.3) is 0 Å². The van der Waals surface area contributed by atoms with Crippen molar-refractivity contribution < 1.29 is 19.9 Å². The highest BCUT2D eigenvalue weighted by Gasteiger charge is 2.34. The Morgan fingerprint density at radius 3 is 2.70 bits per heavy atom. The third-order valence-electron chi connectivity index (χ3n) is 3.14. The summed E-state index contributed by atoms with van der Waals surface area (Å²) in [6.07, 6.45) is 3.09. The molecular formula is C14H14N2O4. The Balaban J connectivity index is 2.72. The summed E-state index contributed by atoms with van der Waals surface area (Å²) in [5, 5.41) is 19.6. The first-order chi connectivity index (χ1) is 9.47. The fourth-order valence-corrected chi connectivity index (χ4v) is 2.36. The van der Waals surface area contributed by atoms with Crippen molar-refractivity contribution >= 4 is 17.4 Å². The molecule has 4 N–H and O–H groups in total. The lowest BCUT2D eigenvalue weighted by Crippen LogP contribution is -2.36. The minimum Gasteiger partial charge on any atom is -0.478 e. The largest absolute Gasteiger partial charge is 0.478 e. The number of aliphatic carboxylic acids is 1. The van der Waals surface area contributed by atoms with Crippen LogP contribution in [0.1, 0.15) is 22.7 Å². The molecule has 0 saturated heterocycles. The molecule has 1 heterocycles. The molecule has 1 aliphatic heterocycles. The molecule has 0 aromatic heterocycles. The van der Waals surface area contributed by atoms with E-state index in [2.05, 4.69) is 6.58 Å². The van der Waals surface area contributed by atoms with E-state index in [9.17, 15) is 19.9 Å². The molecule has 0 bridgehead atoms. The minimum absolute atomic E-state index is 0.0857. The van der Waals surface area contributed by atoms with E-state index in [1.54, 1.807) is 24.3 Å². The van der Waals surface area contributed by atoms with Crippen LogP contribution in [0.25, 0.3) is 5.57 Å². The maximum atomic E-state index is 11.5. The number of nitrogens with two attached hydrogens (primary N) is 1. The molecule has 1 unspecified atom stereocenters. The van der Waals surface area contributed by atoms with E-state index in [1.165, 1.54) is 0 Å². The summed E-state index contributed by atoms with van der Waals surface area (Å²) in [6.45, 7) is 3.63. The van der Waals surface area contributed by atoms with E-state index >= 15 is 0 Å². The average Bonchev–Trinajstić information content (AvgIpc) is 2.37.